The SMILES string of the molecule is O=S(=O)(O)OC[C@H]1O[C@H](O[C@@H]2[C@@H](COS(=O)(=O)O)O[C@@H](S)[C@](CCCS)(OS(=O)(=O)O)[C@@]2(O)OS(=O)(=O)O)[C@H](OS(=O)(=O)O)[C@@H](OS(=O)(=O)O)[C@@H]1OS(=O)(=O)O. The first-order valence-electron chi connectivity index (χ1n) is 13.3. The smallest absolute Gasteiger partial charge is 0.360 e. The molecule has 334 valence electrons. The lowest BCUT2D eigenvalue weighted by Gasteiger charge is -2.56. The van der Waals surface area contributed by atoms with Crippen molar-refractivity contribution >= 4 is 98.1 Å². The van der Waals surface area contributed by atoms with Crippen molar-refractivity contribution in [2.45, 2.75) is 72.6 Å². The lowest BCUT2D eigenvalue weighted by Crippen LogP contribution is -2.77. The van der Waals surface area contributed by atoms with Crippen LogP contribution in [0.1, 0.15) is 12.8 Å². The Balaban J connectivity index is 3.13. The Hall–Kier alpha value is -0.370. The normalized spacial score (nSPS) is 33.0. The first-order chi connectivity index (χ1) is 24.8. The van der Waals surface area contributed by atoms with Crippen LogP contribution in [0.3, 0.4) is 0 Å². The minimum absolute atomic E-state index is 0.394. The van der Waals surface area contributed by atoms with Crippen LogP contribution in [0.25, 0.3) is 0 Å². The molecule has 0 unspecified atom stereocenters. The van der Waals surface area contributed by atoms with Gasteiger partial charge in [0.05, 0.1) is 13.2 Å². The molecule has 0 spiro atoms. The third-order valence-electron chi connectivity index (χ3n) is 6.56. The maximum Gasteiger partial charge on any atom is 0.400 e. The number of rotatable bonds is 21. The second-order valence-electron chi connectivity index (χ2n) is 10.5. The first-order valence-corrected chi connectivity index (χ1v) is 24.1. The van der Waals surface area contributed by atoms with E-state index in [1.165, 1.54) is 0 Å². The Morgan fingerprint density at radius 1 is 0.554 bits per heavy atom. The van der Waals surface area contributed by atoms with Crippen LogP contribution in [0, 0.1) is 0 Å². The molecule has 0 saturated carbocycles. The molecule has 10 atom stereocenters. The van der Waals surface area contributed by atoms with Gasteiger partial charge in [0.1, 0.15) is 36.0 Å². The molecular formula is C15H28O32S9. The minimum atomic E-state index is -6.32. The molecule has 0 aromatic heterocycles. The second-order valence-corrected chi connectivity index (χ2v) is 18.7. The number of ether oxygens (including phenoxy) is 3. The van der Waals surface area contributed by atoms with Gasteiger partial charge in [0, 0.05) is 0 Å². The summed E-state index contributed by atoms with van der Waals surface area (Å²) in [5.74, 6) is -4.89. The maximum atomic E-state index is 12.2. The van der Waals surface area contributed by atoms with Gasteiger partial charge in [-0.15, -0.1) is 12.6 Å². The summed E-state index contributed by atoms with van der Waals surface area (Å²) in [6.45, 7) is -3.72. The molecule has 8 N–H and O–H groups in total. The van der Waals surface area contributed by atoms with Crippen LogP contribution in [0.15, 0.2) is 0 Å². The zero-order valence-corrected chi connectivity index (χ0v) is 33.8. The van der Waals surface area contributed by atoms with E-state index in [4.69, 9.17) is 23.3 Å². The van der Waals surface area contributed by atoms with Crippen LogP contribution in [0.5, 0.6) is 0 Å². The highest BCUT2D eigenvalue weighted by Crippen LogP contribution is 2.50. The molecule has 2 saturated heterocycles. The van der Waals surface area contributed by atoms with E-state index in [1.54, 1.807) is 0 Å². The molecular weight excluding hydrogens is 981 g/mol. The van der Waals surface area contributed by atoms with Crippen molar-refractivity contribution in [3.05, 3.63) is 0 Å². The summed E-state index contributed by atoms with van der Waals surface area (Å²) >= 11 is 7.63. The number of hydrogen-bond acceptors (Lipinski definition) is 27. The molecule has 2 rings (SSSR count). The Bertz CT molecular complexity index is 2170. The lowest BCUT2D eigenvalue weighted by molar-refractivity contribution is -0.400. The quantitative estimate of drug-likeness (QED) is 0.0292. The molecule has 0 amide bonds. The van der Waals surface area contributed by atoms with Crippen molar-refractivity contribution in [1.29, 1.82) is 0 Å². The van der Waals surface area contributed by atoms with Gasteiger partial charge in [-0.3, -0.25) is 31.9 Å². The first kappa shape index (κ1) is 51.8. The van der Waals surface area contributed by atoms with E-state index in [0.29, 0.717) is 0 Å². The van der Waals surface area contributed by atoms with Gasteiger partial charge in [0.25, 0.3) is 0 Å². The maximum absolute atomic E-state index is 12.2. The fourth-order valence-electron chi connectivity index (χ4n) is 4.90. The number of hydrogen-bond donors (Lipinski definition) is 10. The van der Waals surface area contributed by atoms with E-state index in [-0.39, 0.29) is 0 Å². The van der Waals surface area contributed by atoms with Gasteiger partial charge >= 0.3 is 72.8 Å². The Kier molecular flexibility index (Phi) is 16.9. The summed E-state index contributed by atoms with van der Waals surface area (Å²) in [4.78, 5) is 0. The predicted molar refractivity (Wildman–Crippen MR) is 171 cm³/mol. The highest BCUT2D eigenvalue weighted by Gasteiger charge is 2.72. The molecule has 0 aliphatic carbocycles. The van der Waals surface area contributed by atoms with E-state index in [0.717, 1.165) is 0 Å². The highest BCUT2D eigenvalue weighted by atomic mass is 32.3. The molecule has 32 nitrogen and oxygen atoms in total. The molecule has 41 heteroatoms. The number of aliphatic hydroxyl groups is 1. The van der Waals surface area contributed by atoms with Crippen LogP contribution >= 0.6 is 25.3 Å². The van der Waals surface area contributed by atoms with Crippen molar-refractivity contribution in [3.8, 4) is 0 Å². The molecule has 56 heavy (non-hydrogen) atoms. The van der Waals surface area contributed by atoms with E-state index in [1.807, 2.05) is 0 Å². The lowest BCUT2D eigenvalue weighted by atomic mass is 9.80. The molecule has 2 aliphatic rings. The van der Waals surface area contributed by atoms with E-state index in [2.05, 4.69) is 54.5 Å². The second kappa shape index (κ2) is 18.3. The van der Waals surface area contributed by atoms with Gasteiger partial charge < -0.3 is 19.3 Å². The van der Waals surface area contributed by atoms with E-state index >= 15 is 0 Å². The van der Waals surface area contributed by atoms with Crippen LogP contribution in [-0.4, -0.2) is 175 Å². The molecule has 0 radical (unpaired) electrons. The summed E-state index contributed by atoms with van der Waals surface area (Å²) in [5.41, 5.74) is -6.27. The monoisotopic (exact) mass is 1010 g/mol. The molecule has 2 heterocycles. The van der Waals surface area contributed by atoms with Gasteiger partial charge in [0.15, 0.2) is 18.0 Å². The largest absolute Gasteiger partial charge is 0.400 e. The molecule has 0 bridgehead atoms. The fraction of sp³-hybridized carbons (Fsp3) is 1.00. The fourth-order valence-corrected chi connectivity index (χ4v) is 8.98. The average molecular weight is 1010 g/mol. The Morgan fingerprint density at radius 2 is 0.982 bits per heavy atom. The zero-order chi connectivity index (χ0) is 43.7. The van der Waals surface area contributed by atoms with Gasteiger partial charge in [0.2, 0.25) is 5.79 Å². The van der Waals surface area contributed by atoms with Crippen LogP contribution in [0.4, 0.5) is 0 Å². The standard InChI is InChI=1S/C15H28O32S9/c16-15(47-56(35,36)37)11(7(5-39-51(20,21)22)41-13(49)14(15,2-1-3-48)46-55(32,33)34)42-12-10(45-54(29,30)31)9(44-53(26,27)28)8(43-52(23,24)25)6(40-12)4-38-50(17,18)19/h6-13,16,48-49H,1-5H2,(H,17,18,19)(H,20,21,22)(H,23,24,25)(H,26,27,28)(H,29,30,31)(H,32,33,34)(H,35,36,37)/t6-,7-,8-,9+,10-,11-,12-,13+,14+,15+/m1/s1. The van der Waals surface area contributed by atoms with E-state index in [9.17, 15) is 86.8 Å². The topological polar surface area (TPSA) is 493 Å². The van der Waals surface area contributed by atoms with Crippen molar-refractivity contribution < 1.29 is 139 Å². The van der Waals surface area contributed by atoms with Crippen molar-refractivity contribution in [3.63, 3.8) is 0 Å². The average Bonchev–Trinajstić information content (AvgIpc) is 2.92. The summed E-state index contributed by atoms with van der Waals surface area (Å²) in [5, 5.41) is 12.0. The number of thiol groups is 2. The minimum Gasteiger partial charge on any atom is -0.360 e. The van der Waals surface area contributed by atoms with Crippen molar-refractivity contribution in [1.82, 2.24) is 0 Å². The zero-order valence-electron chi connectivity index (χ0n) is 26.3. The van der Waals surface area contributed by atoms with Crippen LogP contribution in [-0.2, 0) is 116 Å². The molecule has 2 aliphatic heterocycles. The summed E-state index contributed by atoms with van der Waals surface area (Å²) in [6.07, 6.45) is -24.0. The Labute approximate surface area is 327 Å². The van der Waals surface area contributed by atoms with Crippen LogP contribution < -0.4 is 0 Å². The summed E-state index contributed by atoms with van der Waals surface area (Å²) < 4.78 is 276. The molecule has 0 aromatic carbocycles. The van der Waals surface area contributed by atoms with Gasteiger partial charge in [-0.25, -0.2) is 29.3 Å². The third-order valence-corrected chi connectivity index (χ3v) is 10.6. The summed E-state index contributed by atoms with van der Waals surface area (Å²) in [6, 6.07) is 0. The highest BCUT2D eigenvalue weighted by molar-refractivity contribution is 7.82. The van der Waals surface area contributed by atoms with Crippen molar-refractivity contribution in [2.24, 2.45) is 0 Å². The predicted octanol–water partition coefficient (Wildman–Crippen LogP) is -5.27. The summed E-state index contributed by atoms with van der Waals surface area (Å²) in [7, 11) is -42.1. The van der Waals surface area contributed by atoms with Gasteiger partial charge in [-0.05, 0) is 18.6 Å². The van der Waals surface area contributed by atoms with Gasteiger partial charge in [-0.1, -0.05) is 0 Å². The van der Waals surface area contributed by atoms with Crippen LogP contribution in [0.2, 0.25) is 0 Å². The van der Waals surface area contributed by atoms with Crippen molar-refractivity contribution in [2.75, 3.05) is 19.0 Å². The van der Waals surface area contributed by atoms with Gasteiger partial charge in [-0.2, -0.15) is 71.6 Å². The molecule has 0 aromatic rings. The third kappa shape index (κ3) is 15.9. The Morgan fingerprint density at radius 3 is 1.39 bits per heavy atom. The van der Waals surface area contributed by atoms with E-state index < -0.39 is 164 Å². The molecule has 2 fully saturated rings.